The summed E-state index contributed by atoms with van der Waals surface area (Å²) in [6.07, 6.45) is 1.85. The molecule has 3 aromatic rings. The van der Waals surface area contributed by atoms with Gasteiger partial charge in [0.15, 0.2) is 0 Å². The van der Waals surface area contributed by atoms with Crippen molar-refractivity contribution < 1.29 is 4.74 Å². The van der Waals surface area contributed by atoms with Gasteiger partial charge in [-0.3, -0.25) is 4.99 Å². The lowest BCUT2D eigenvalue weighted by molar-refractivity contribution is 0.306. The Hall–Kier alpha value is -2.58. The van der Waals surface area contributed by atoms with E-state index in [1.807, 2.05) is 66.9 Å². The van der Waals surface area contributed by atoms with Crippen LogP contribution in [0, 0.1) is 6.92 Å². The summed E-state index contributed by atoms with van der Waals surface area (Å²) < 4.78 is 5.84. The Morgan fingerprint density at radius 1 is 0.958 bits per heavy atom. The van der Waals surface area contributed by atoms with E-state index in [1.54, 1.807) is 0 Å². The maximum absolute atomic E-state index is 5.89. The van der Waals surface area contributed by atoms with Crippen molar-refractivity contribution in [1.29, 1.82) is 0 Å². The minimum Gasteiger partial charge on any atom is -0.489 e. The number of hydrogen-bond donors (Lipinski definition) is 0. The van der Waals surface area contributed by atoms with Gasteiger partial charge in [0.2, 0.25) is 0 Å². The Kier molecular flexibility index (Phi) is 5.29. The SMILES string of the molecule is Cc1ccc(N=Cc2cccc(OCc3ccc(Cl)cc3)c2)cc1. The fraction of sp³-hybridized carbons (Fsp3) is 0.0952. The number of aryl methyl sites for hydroxylation is 1. The summed E-state index contributed by atoms with van der Waals surface area (Å²) in [5.41, 5.74) is 4.25. The van der Waals surface area contributed by atoms with Gasteiger partial charge < -0.3 is 4.74 Å². The molecule has 0 heterocycles. The van der Waals surface area contributed by atoms with Gasteiger partial charge in [0.1, 0.15) is 12.4 Å². The highest BCUT2D eigenvalue weighted by Gasteiger charge is 1.98. The first-order chi connectivity index (χ1) is 11.7. The molecule has 0 amide bonds. The zero-order valence-electron chi connectivity index (χ0n) is 13.4. The number of ether oxygens (including phenoxy) is 1. The van der Waals surface area contributed by atoms with Crippen LogP contribution in [0.15, 0.2) is 77.8 Å². The summed E-state index contributed by atoms with van der Waals surface area (Å²) in [5, 5.41) is 0.730. The van der Waals surface area contributed by atoms with E-state index in [0.717, 1.165) is 27.6 Å². The van der Waals surface area contributed by atoms with E-state index < -0.39 is 0 Å². The van der Waals surface area contributed by atoms with Crippen molar-refractivity contribution in [2.45, 2.75) is 13.5 Å². The Morgan fingerprint density at radius 2 is 1.71 bits per heavy atom. The monoisotopic (exact) mass is 335 g/mol. The Bertz CT molecular complexity index is 823. The van der Waals surface area contributed by atoms with Crippen LogP contribution in [0.25, 0.3) is 0 Å². The summed E-state index contributed by atoms with van der Waals surface area (Å²) in [7, 11) is 0. The standard InChI is InChI=1S/C21H18ClNO/c1-16-5-11-20(12-6-16)23-14-18-3-2-4-21(13-18)24-15-17-7-9-19(22)10-8-17/h2-14H,15H2,1H3. The molecule has 0 aliphatic heterocycles. The van der Waals surface area contributed by atoms with Crippen LogP contribution in [0.4, 0.5) is 5.69 Å². The third kappa shape index (κ3) is 4.71. The number of nitrogens with zero attached hydrogens (tertiary/aromatic N) is 1. The first-order valence-electron chi connectivity index (χ1n) is 7.77. The van der Waals surface area contributed by atoms with Crippen molar-refractivity contribution in [1.82, 2.24) is 0 Å². The molecular weight excluding hydrogens is 318 g/mol. The van der Waals surface area contributed by atoms with Crippen LogP contribution in [0.1, 0.15) is 16.7 Å². The largest absolute Gasteiger partial charge is 0.489 e. The minimum atomic E-state index is 0.510. The van der Waals surface area contributed by atoms with Gasteiger partial charge in [-0.2, -0.15) is 0 Å². The molecule has 0 saturated carbocycles. The Labute approximate surface area is 147 Å². The van der Waals surface area contributed by atoms with Gasteiger partial charge in [0.05, 0.1) is 5.69 Å². The van der Waals surface area contributed by atoms with Gasteiger partial charge in [-0.15, -0.1) is 0 Å². The molecule has 24 heavy (non-hydrogen) atoms. The van der Waals surface area contributed by atoms with Gasteiger partial charge in [0.25, 0.3) is 0 Å². The first-order valence-corrected chi connectivity index (χ1v) is 8.15. The molecule has 120 valence electrons. The molecule has 0 N–H and O–H groups in total. The molecule has 3 aromatic carbocycles. The number of aliphatic imine (C=N–C) groups is 1. The number of rotatable bonds is 5. The van der Waals surface area contributed by atoms with Gasteiger partial charge in [0, 0.05) is 11.2 Å². The lowest BCUT2D eigenvalue weighted by atomic mass is 10.2. The molecule has 0 unspecified atom stereocenters. The molecule has 0 radical (unpaired) electrons. The Morgan fingerprint density at radius 3 is 2.46 bits per heavy atom. The average molecular weight is 336 g/mol. The zero-order chi connectivity index (χ0) is 16.8. The van der Waals surface area contributed by atoms with Crippen molar-refractivity contribution in [2.24, 2.45) is 4.99 Å². The predicted molar refractivity (Wildman–Crippen MR) is 101 cm³/mol. The second-order valence-corrected chi connectivity index (χ2v) is 6.02. The highest BCUT2D eigenvalue weighted by Crippen LogP contribution is 2.17. The van der Waals surface area contributed by atoms with Crippen LogP contribution in [-0.2, 0) is 6.61 Å². The summed E-state index contributed by atoms with van der Waals surface area (Å²) in [4.78, 5) is 4.49. The molecule has 3 rings (SSSR count). The van der Waals surface area contributed by atoms with Crippen LogP contribution in [0.3, 0.4) is 0 Å². The minimum absolute atomic E-state index is 0.510. The molecule has 0 atom stereocenters. The van der Waals surface area contributed by atoms with Crippen LogP contribution < -0.4 is 4.74 Å². The van der Waals surface area contributed by atoms with Crippen LogP contribution in [0.5, 0.6) is 5.75 Å². The van der Waals surface area contributed by atoms with E-state index in [-0.39, 0.29) is 0 Å². The molecule has 0 bridgehead atoms. The topological polar surface area (TPSA) is 21.6 Å². The third-order valence-electron chi connectivity index (χ3n) is 3.57. The number of benzene rings is 3. The second kappa shape index (κ2) is 7.80. The predicted octanol–water partition coefficient (Wildman–Crippen LogP) is 5.98. The van der Waals surface area contributed by atoms with Crippen molar-refractivity contribution in [2.75, 3.05) is 0 Å². The fourth-order valence-corrected chi connectivity index (χ4v) is 2.34. The highest BCUT2D eigenvalue weighted by atomic mass is 35.5. The smallest absolute Gasteiger partial charge is 0.120 e. The number of halogens is 1. The van der Waals surface area contributed by atoms with E-state index in [0.29, 0.717) is 6.61 Å². The lowest BCUT2D eigenvalue weighted by Crippen LogP contribution is -1.95. The molecular formula is C21H18ClNO. The van der Waals surface area contributed by atoms with Gasteiger partial charge in [-0.05, 0) is 54.4 Å². The van der Waals surface area contributed by atoms with Crippen molar-refractivity contribution >= 4 is 23.5 Å². The molecule has 3 heteroatoms. The molecule has 0 aromatic heterocycles. The van der Waals surface area contributed by atoms with Crippen LogP contribution in [0.2, 0.25) is 5.02 Å². The highest BCUT2D eigenvalue weighted by molar-refractivity contribution is 6.30. The van der Waals surface area contributed by atoms with E-state index >= 15 is 0 Å². The normalized spacial score (nSPS) is 10.9. The maximum Gasteiger partial charge on any atom is 0.120 e. The van der Waals surface area contributed by atoms with Gasteiger partial charge >= 0.3 is 0 Å². The molecule has 0 fully saturated rings. The van der Waals surface area contributed by atoms with E-state index in [4.69, 9.17) is 16.3 Å². The zero-order valence-corrected chi connectivity index (χ0v) is 14.2. The van der Waals surface area contributed by atoms with E-state index in [2.05, 4.69) is 24.0 Å². The van der Waals surface area contributed by atoms with Crippen molar-refractivity contribution in [3.05, 3.63) is 94.5 Å². The number of hydrogen-bond acceptors (Lipinski definition) is 2. The second-order valence-electron chi connectivity index (χ2n) is 5.58. The third-order valence-corrected chi connectivity index (χ3v) is 3.83. The molecule has 0 aliphatic rings. The van der Waals surface area contributed by atoms with Gasteiger partial charge in [-0.25, -0.2) is 0 Å². The van der Waals surface area contributed by atoms with Crippen LogP contribution in [-0.4, -0.2) is 6.21 Å². The van der Waals surface area contributed by atoms with E-state index in [1.165, 1.54) is 5.56 Å². The molecule has 0 aliphatic carbocycles. The average Bonchev–Trinajstić information content (AvgIpc) is 2.61. The molecule has 0 saturated heterocycles. The van der Waals surface area contributed by atoms with Crippen molar-refractivity contribution in [3.63, 3.8) is 0 Å². The van der Waals surface area contributed by atoms with Gasteiger partial charge in [-0.1, -0.05) is 53.6 Å². The summed E-state index contributed by atoms with van der Waals surface area (Å²) in [6, 6.07) is 23.7. The van der Waals surface area contributed by atoms with Crippen LogP contribution >= 0.6 is 11.6 Å². The summed E-state index contributed by atoms with van der Waals surface area (Å²) in [5.74, 6) is 0.817. The summed E-state index contributed by atoms with van der Waals surface area (Å²) in [6.45, 7) is 2.57. The first kappa shape index (κ1) is 16.3. The quantitative estimate of drug-likeness (QED) is 0.526. The molecule has 2 nitrogen and oxygen atoms in total. The fourth-order valence-electron chi connectivity index (χ4n) is 2.21. The molecule has 0 spiro atoms. The maximum atomic E-state index is 5.89. The summed E-state index contributed by atoms with van der Waals surface area (Å²) >= 11 is 5.89. The van der Waals surface area contributed by atoms with Crippen molar-refractivity contribution in [3.8, 4) is 5.75 Å². The van der Waals surface area contributed by atoms with E-state index in [9.17, 15) is 0 Å². The lowest BCUT2D eigenvalue weighted by Gasteiger charge is -2.07. The Balaban J connectivity index is 1.65.